The van der Waals surface area contributed by atoms with Crippen molar-refractivity contribution >= 4 is 26.6 Å². The van der Waals surface area contributed by atoms with Gasteiger partial charge in [-0.05, 0) is 24.3 Å². The molecule has 3 aromatic rings. The molecule has 0 atom stereocenters. The quantitative estimate of drug-likeness (QED) is 0.656. The van der Waals surface area contributed by atoms with E-state index in [0.717, 1.165) is 6.07 Å². The molecule has 2 N–H and O–H groups in total. The first kappa shape index (κ1) is 17.2. The standard InChI is InChI=1S/C16H14F2N4O2S/c17-11-8-13-15(3-5-21-16(13)14(18)9-11)20-6-7-22-25(23,24)12-2-1-4-19-10-12/h1-5,8-10,22H,6-7H2,(H,20,21). The van der Waals surface area contributed by atoms with Crippen LogP contribution >= 0.6 is 0 Å². The molecule has 0 bridgehead atoms. The molecule has 0 spiro atoms. The van der Waals surface area contributed by atoms with E-state index in [1.165, 1.54) is 36.8 Å². The Hall–Kier alpha value is -2.65. The maximum absolute atomic E-state index is 13.7. The summed E-state index contributed by atoms with van der Waals surface area (Å²) in [4.78, 5) is 7.72. The molecule has 2 aromatic heterocycles. The predicted octanol–water partition coefficient (Wildman–Crippen LogP) is 2.30. The number of nitrogens with one attached hydrogen (secondary N) is 2. The molecule has 130 valence electrons. The SMILES string of the molecule is O=S(=O)(NCCNc1ccnc2c(F)cc(F)cc12)c1cccnc1. The van der Waals surface area contributed by atoms with Crippen LogP contribution in [0.1, 0.15) is 0 Å². The normalized spacial score (nSPS) is 11.6. The van der Waals surface area contributed by atoms with Crippen molar-refractivity contribution < 1.29 is 17.2 Å². The van der Waals surface area contributed by atoms with Crippen molar-refractivity contribution in [2.75, 3.05) is 18.4 Å². The highest BCUT2D eigenvalue weighted by atomic mass is 32.2. The van der Waals surface area contributed by atoms with Crippen LogP contribution in [0, 0.1) is 11.6 Å². The van der Waals surface area contributed by atoms with Crippen LogP contribution in [0.2, 0.25) is 0 Å². The Morgan fingerprint density at radius 2 is 1.92 bits per heavy atom. The number of hydrogen-bond donors (Lipinski definition) is 2. The predicted molar refractivity (Wildman–Crippen MR) is 89.6 cm³/mol. The lowest BCUT2D eigenvalue weighted by Crippen LogP contribution is -2.29. The van der Waals surface area contributed by atoms with Gasteiger partial charge in [-0.2, -0.15) is 0 Å². The maximum Gasteiger partial charge on any atom is 0.242 e. The van der Waals surface area contributed by atoms with E-state index >= 15 is 0 Å². The summed E-state index contributed by atoms with van der Waals surface area (Å²) in [6.45, 7) is 0.301. The Balaban J connectivity index is 1.68. The van der Waals surface area contributed by atoms with E-state index in [2.05, 4.69) is 20.0 Å². The van der Waals surface area contributed by atoms with Crippen molar-refractivity contribution in [1.29, 1.82) is 0 Å². The van der Waals surface area contributed by atoms with E-state index in [1.807, 2.05) is 0 Å². The lowest BCUT2D eigenvalue weighted by molar-refractivity contribution is 0.582. The first-order valence-electron chi connectivity index (χ1n) is 7.35. The van der Waals surface area contributed by atoms with Crippen LogP contribution < -0.4 is 10.0 Å². The van der Waals surface area contributed by atoms with Crippen LogP contribution in [0.4, 0.5) is 14.5 Å². The second-order valence-corrected chi connectivity index (χ2v) is 6.92. The molecular weight excluding hydrogens is 350 g/mol. The van der Waals surface area contributed by atoms with Crippen LogP contribution in [0.15, 0.2) is 53.8 Å². The van der Waals surface area contributed by atoms with E-state index in [-0.39, 0.29) is 28.9 Å². The van der Waals surface area contributed by atoms with E-state index < -0.39 is 21.7 Å². The molecule has 0 saturated carbocycles. The van der Waals surface area contributed by atoms with Gasteiger partial charge < -0.3 is 5.32 Å². The minimum atomic E-state index is -3.66. The molecule has 0 fully saturated rings. The number of fused-ring (bicyclic) bond motifs is 1. The Morgan fingerprint density at radius 1 is 1.08 bits per heavy atom. The highest BCUT2D eigenvalue weighted by Gasteiger charge is 2.13. The van der Waals surface area contributed by atoms with E-state index in [0.29, 0.717) is 5.69 Å². The molecule has 0 unspecified atom stereocenters. The molecule has 0 amide bonds. The van der Waals surface area contributed by atoms with Gasteiger partial charge in [-0.3, -0.25) is 9.97 Å². The minimum absolute atomic E-state index is 0.0438. The van der Waals surface area contributed by atoms with Crippen LogP contribution in [-0.4, -0.2) is 31.5 Å². The Kier molecular flexibility index (Phi) is 4.86. The number of benzene rings is 1. The summed E-state index contributed by atoms with van der Waals surface area (Å²) < 4.78 is 53.7. The Morgan fingerprint density at radius 3 is 2.68 bits per heavy atom. The van der Waals surface area contributed by atoms with Gasteiger partial charge in [-0.25, -0.2) is 21.9 Å². The molecule has 0 radical (unpaired) electrons. The van der Waals surface area contributed by atoms with Crippen molar-refractivity contribution in [2.45, 2.75) is 4.90 Å². The first-order valence-corrected chi connectivity index (χ1v) is 8.83. The topological polar surface area (TPSA) is 84.0 Å². The smallest absolute Gasteiger partial charge is 0.242 e. The number of aromatic nitrogens is 2. The molecule has 9 heteroatoms. The molecular formula is C16H14F2N4O2S. The third kappa shape index (κ3) is 3.89. The monoisotopic (exact) mass is 364 g/mol. The lowest BCUT2D eigenvalue weighted by Gasteiger charge is -2.11. The zero-order chi connectivity index (χ0) is 17.9. The largest absolute Gasteiger partial charge is 0.383 e. The van der Waals surface area contributed by atoms with Gasteiger partial charge in [0.25, 0.3) is 0 Å². The highest BCUT2D eigenvalue weighted by Crippen LogP contribution is 2.24. The minimum Gasteiger partial charge on any atom is -0.383 e. The first-order chi connectivity index (χ1) is 12.0. The number of sulfonamides is 1. The molecule has 0 aliphatic rings. The van der Waals surface area contributed by atoms with Crippen molar-refractivity contribution in [3.63, 3.8) is 0 Å². The Bertz CT molecular complexity index is 998. The molecule has 1 aromatic carbocycles. The fraction of sp³-hybridized carbons (Fsp3) is 0.125. The third-order valence-corrected chi connectivity index (χ3v) is 4.89. The van der Waals surface area contributed by atoms with Crippen molar-refractivity contribution in [3.8, 4) is 0 Å². The van der Waals surface area contributed by atoms with Gasteiger partial charge in [0, 0.05) is 48.8 Å². The summed E-state index contributed by atoms with van der Waals surface area (Å²) in [7, 11) is -3.66. The number of anilines is 1. The summed E-state index contributed by atoms with van der Waals surface area (Å²) in [6, 6.07) is 6.47. The molecule has 3 rings (SSSR count). The third-order valence-electron chi connectivity index (χ3n) is 3.44. The highest BCUT2D eigenvalue weighted by molar-refractivity contribution is 7.89. The van der Waals surface area contributed by atoms with Gasteiger partial charge in [0.05, 0.1) is 0 Å². The van der Waals surface area contributed by atoms with Crippen LogP contribution in [-0.2, 0) is 10.0 Å². The summed E-state index contributed by atoms with van der Waals surface area (Å²) in [5, 5.41) is 3.24. The van der Waals surface area contributed by atoms with Crippen LogP contribution in [0.3, 0.4) is 0 Å². The number of pyridine rings is 2. The summed E-state index contributed by atoms with van der Waals surface area (Å²) in [6.07, 6.45) is 4.12. The van der Waals surface area contributed by atoms with Gasteiger partial charge in [0.2, 0.25) is 10.0 Å². The van der Waals surface area contributed by atoms with Crippen molar-refractivity contribution in [3.05, 3.63) is 60.6 Å². The second-order valence-electron chi connectivity index (χ2n) is 5.16. The lowest BCUT2D eigenvalue weighted by atomic mass is 10.1. The van der Waals surface area contributed by atoms with E-state index in [4.69, 9.17) is 0 Å². The molecule has 0 saturated heterocycles. The fourth-order valence-electron chi connectivity index (χ4n) is 2.30. The van der Waals surface area contributed by atoms with Gasteiger partial charge in [0.1, 0.15) is 16.2 Å². The Labute approximate surface area is 143 Å². The van der Waals surface area contributed by atoms with Gasteiger partial charge in [-0.1, -0.05) is 0 Å². The number of halogens is 2. The molecule has 25 heavy (non-hydrogen) atoms. The second kappa shape index (κ2) is 7.08. The summed E-state index contributed by atoms with van der Waals surface area (Å²) in [5.41, 5.74) is 0.506. The molecule has 6 nitrogen and oxygen atoms in total. The van der Waals surface area contributed by atoms with E-state index in [9.17, 15) is 17.2 Å². The van der Waals surface area contributed by atoms with Gasteiger partial charge in [0.15, 0.2) is 5.82 Å². The van der Waals surface area contributed by atoms with Gasteiger partial charge in [-0.15, -0.1) is 0 Å². The van der Waals surface area contributed by atoms with Crippen LogP contribution in [0.5, 0.6) is 0 Å². The van der Waals surface area contributed by atoms with Gasteiger partial charge >= 0.3 is 0 Å². The maximum atomic E-state index is 13.7. The number of hydrogen-bond acceptors (Lipinski definition) is 5. The van der Waals surface area contributed by atoms with E-state index in [1.54, 1.807) is 6.07 Å². The van der Waals surface area contributed by atoms with Crippen LogP contribution in [0.25, 0.3) is 10.9 Å². The number of rotatable bonds is 6. The average Bonchev–Trinajstić information content (AvgIpc) is 2.60. The number of nitrogens with zero attached hydrogens (tertiary/aromatic N) is 2. The summed E-state index contributed by atoms with van der Waals surface area (Å²) >= 11 is 0. The molecule has 2 heterocycles. The molecule has 0 aliphatic heterocycles. The fourth-order valence-corrected chi connectivity index (χ4v) is 3.30. The van der Waals surface area contributed by atoms with Crippen molar-refractivity contribution in [2.24, 2.45) is 0 Å². The zero-order valence-corrected chi connectivity index (χ0v) is 13.7. The zero-order valence-electron chi connectivity index (χ0n) is 12.9. The van der Waals surface area contributed by atoms with Crippen molar-refractivity contribution in [1.82, 2.24) is 14.7 Å². The average molecular weight is 364 g/mol. The molecule has 0 aliphatic carbocycles. The summed E-state index contributed by atoms with van der Waals surface area (Å²) in [5.74, 6) is -1.46.